The molecule has 0 bridgehead atoms. The molecule has 0 fully saturated rings. The maximum Gasteiger partial charge on any atom is 0.293 e. The molecule has 1 rings (SSSR count). The van der Waals surface area contributed by atoms with Crippen LogP contribution in [0.1, 0.15) is 51.6 Å². The Morgan fingerprint density at radius 2 is 1.95 bits per heavy atom. The second-order valence-corrected chi connectivity index (χ2v) is 6.92. The van der Waals surface area contributed by atoms with Gasteiger partial charge in [-0.1, -0.05) is 20.8 Å². The van der Waals surface area contributed by atoms with Gasteiger partial charge in [0, 0.05) is 5.54 Å². The normalized spacial score (nSPS) is 12.1. The highest BCUT2D eigenvalue weighted by Crippen LogP contribution is 2.26. The van der Waals surface area contributed by atoms with E-state index in [1.165, 1.54) is 6.26 Å². The first-order valence-electron chi connectivity index (χ1n) is 6.26. The summed E-state index contributed by atoms with van der Waals surface area (Å²) in [5.41, 5.74) is -0.0110. The van der Waals surface area contributed by atoms with E-state index in [1.807, 2.05) is 0 Å². The van der Waals surface area contributed by atoms with E-state index in [1.54, 1.807) is 12.1 Å². The second kappa shape index (κ2) is 5.74. The summed E-state index contributed by atoms with van der Waals surface area (Å²) in [5, 5.41) is 6.09. The minimum Gasteiger partial charge on any atom is -0.459 e. The molecule has 0 aliphatic carbocycles. The molecular formula is C14H22N2O2S. The van der Waals surface area contributed by atoms with Crippen molar-refractivity contribution in [3.8, 4) is 0 Å². The predicted octanol–water partition coefficient (Wildman–Crippen LogP) is 3.10. The monoisotopic (exact) mass is 282 g/mol. The van der Waals surface area contributed by atoms with Crippen molar-refractivity contribution < 1.29 is 9.21 Å². The van der Waals surface area contributed by atoms with Gasteiger partial charge in [0.05, 0.1) is 6.26 Å². The van der Waals surface area contributed by atoms with Gasteiger partial charge in [-0.3, -0.25) is 10.1 Å². The molecule has 0 atom stereocenters. The molecule has 0 saturated heterocycles. The zero-order valence-electron chi connectivity index (χ0n) is 12.2. The first kappa shape index (κ1) is 15.7. The summed E-state index contributed by atoms with van der Waals surface area (Å²) in [6.07, 6.45) is 2.38. The standard InChI is InChI=1S/C14H22N2O2S/c1-13(2,3)9-14(4,5)16-12(19)15-11(17)10-7-6-8-18-10/h6-8H,9H2,1-5H3,(H2,15,16,17,19). The first-order valence-corrected chi connectivity index (χ1v) is 6.67. The van der Waals surface area contributed by atoms with E-state index in [0.29, 0.717) is 5.11 Å². The second-order valence-electron chi connectivity index (χ2n) is 6.51. The lowest BCUT2D eigenvalue weighted by atomic mass is 9.82. The van der Waals surface area contributed by atoms with Crippen LogP contribution in [0.3, 0.4) is 0 Å². The fraction of sp³-hybridized carbons (Fsp3) is 0.571. The van der Waals surface area contributed by atoms with Crippen molar-refractivity contribution in [2.75, 3.05) is 0 Å². The van der Waals surface area contributed by atoms with Crippen LogP contribution in [0.15, 0.2) is 22.8 Å². The van der Waals surface area contributed by atoms with Gasteiger partial charge in [-0.25, -0.2) is 0 Å². The number of carbonyl (C=O) groups excluding carboxylic acids is 1. The minimum absolute atomic E-state index is 0.178. The summed E-state index contributed by atoms with van der Waals surface area (Å²) in [5.74, 6) is -0.0909. The highest BCUT2D eigenvalue weighted by molar-refractivity contribution is 7.80. The number of nitrogens with one attached hydrogen (secondary N) is 2. The quantitative estimate of drug-likeness (QED) is 0.836. The van der Waals surface area contributed by atoms with Gasteiger partial charge in [-0.05, 0) is 50.0 Å². The zero-order valence-corrected chi connectivity index (χ0v) is 13.0. The molecule has 4 nitrogen and oxygen atoms in total. The van der Waals surface area contributed by atoms with Crippen LogP contribution < -0.4 is 10.6 Å². The smallest absolute Gasteiger partial charge is 0.293 e. The third-order valence-corrected chi connectivity index (χ3v) is 2.60. The zero-order chi connectivity index (χ0) is 14.7. The maximum absolute atomic E-state index is 11.8. The SMILES string of the molecule is CC(C)(C)CC(C)(C)NC(=S)NC(=O)c1ccco1. The van der Waals surface area contributed by atoms with Crippen LogP contribution in [0, 0.1) is 5.41 Å². The molecule has 0 aliphatic heterocycles. The molecule has 0 spiro atoms. The lowest BCUT2D eigenvalue weighted by molar-refractivity contribution is 0.0949. The number of hydrogen-bond acceptors (Lipinski definition) is 3. The van der Waals surface area contributed by atoms with Crippen LogP contribution in [-0.4, -0.2) is 16.6 Å². The summed E-state index contributed by atoms with van der Waals surface area (Å²) in [6.45, 7) is 10.6. The van der Waals surface area contributed by atoms with Crippen LogP contribution in [-0.2, 0) is 0 Å². The van der Waals surface area contributed by atoms with Gasteiger partial charge in [0.2, 0.25) is 0 Å². The van der Waals surface area contributed by atoms with Gasteiger partial charge in [0.15, 0.2) is 10.9 Å². The lowest BCUT2D eigenvalue weighted by Gasteiger charge is -2.34. The van der Waals surface area contributed by atoms with Crippen molar-refractivity contribution in [2.45, 2.75) is 46.6 Å². The molecule has 1 heterocycles. The minimum atomic E-state index is -0.339. The fourth-order valence-electron chi connectivity index (χ4n) is 2.28. The molecule has 0 unspecified atom stereocenters. The van der Waals surface area contributed by atoms with Crippen LogP contribution in [0.2, 0.25) is 0 Å². The third-order valence-electron chi connectivity index (χ3n) is 2.40. The summed E-state index contributed by atoms with van der Waals surface area (Å²) in [4.78, 5) is 11.8. The highest BCUT2D eigenvalue weighted by atomic mass is 32.1. The summed E-state index contributed by atoms with van der Waals surface area (Å²) >= 11 is 5.16. The van der Waals surface area contributed by atoms with Crippen molar-refractivity contribution in [3.05, 3.63) is 24.2 Å². The van der Waals surface area contributed by atoms with Crippen LogP contribution in [0.4, 0.5) is 0 Å². The number of rotatable bonds is 3. The van der Waals surface area contributed by atoms with E-state index in [2.05, 4.69) is 45.3 Å². The Balaban J connectivity index is 2.53. The van der Waals surface area contributed by atoms with Gasteiger partial charge in [0.1, 0.15) is 0 Å². The molecule has 0 radical (unpaired) electrons. The Morgan fingerprint density at radius 1 is 1.32 bits per heavy atom. The van der Waals surface area contributed by atoms with Gasteiger partial charge < -0.3 is 9.73 Å². The number of carbonyl (C=O) groups is 1. The molecule has 106 valence electrons. The summed E-state index contributed by atoms with van der Waals surface area (Å²) in [7, 11) is 0. The number of hydrogen-bond donors (Lipinski definition) is 2. The number of thiocarbonyl (C=S) groups is 1. The first-order chi connectivity index (χ1) is 8.59. The van der Waals surface area contributed by atoms with Gasteiger partial charge in [-0.15, -0.1) is 0 Å². The average Bonchev–Trinajstić information content (AvgIpc) is 2.63. The van der Waals surface area contributed by atoms with Crippen molar-refractivity contribution in [2.24, 2.45) is 5.41 Å². The number of amides is 1. The van der Waals surface area contributed by atoms with Gasteiger partial charge in [0.25, 0.3) is 5.91 Å². The van der Waals surface area contributed by atoms with Crippen LogP contribution in [0.25, 0.3) is 0 Å². The average molecular weight is 282 g/mol. The third kappa shape index (κ3) is 5.87. The Hall–Kier alpha value is -1.36. The summed E-state index contributed by atoms with van der Waals surface area (Å²) in [6, 6.07) is 3.26. The van der Waals surface area contributed by atoms with Crippen molar-refractivity contribution in [3.63, 3.8) is 0 Å². The topological polar surface area (TPSA) is 54.3 Å². The molecule has 2 N–H and O–H groups in total. The number of furan rings is 1. The van der Waals surface area contributed by atoms with Gasteiger partial charge >= 0.3 is 0 Å². The molecule has 0 aromatic carbocycles. The van der Waals surface area contributed by atoms with E-state index in [-0.39, 0.29) is 22.6 Å². The molecular weight excluding hydrogens is 260 g/mol. The van der Waals surface area contributed by atoms with Gasteiger partial charge in [-0.2, -0.15) is 0 Å². The molecule has 1 aromatic heterocycles. The molecule has 5 heteroatoms. The molecule has 1 amide bonds. The van der Waals surface area contributed by atoms with Crippen molar-refractivity contribution >= 4 is 23.2 Å². The van der Waals surface area contributed by atoms with E-state index in [0.717, 1.165) is 6.42 Å². The van der Waals surface area contributed by atoms with Crippen molar-refractivity contribution in [1.29, 1.82) is 0 Å². The Labute approximate surface area is 119 Å². The largest absolute Gasteiger partial charge is 0.459 e. The highest BCUT2D eigenvalue weighted by Gasteiger charge is 2.26. The Bertz CT molecular complexity index is 445. The van der Waals surface area contributed by atoms with E-state index >= 15 is 0 Å². The van der Waals surface area contributed by atoms with Crippen LogP contribution in [0.5, 0.6) is 0 Å². The van der Waals surface area contributed by atoms with Crippen LogP contribution >= 0.6 is 12.2 Å². The van der Waals surface area contributed by atoms with E-state index in [4.69, 9.17) is 16.6 Å². The molecule has 19 heavy (non-hydrogen) atoms. The lowest BCUT2D eigenvalue weighted by Crippen LogP contribution is -2.51. The van der Waals surface area contributed by atoms with Crippen molar-refractivity contribution in [1.82, 2.24) is 10.6 Å². The summed E-state index contributed by atoms with van der Waals surface area (Å²) < 4.78 is 5.01. The Kier molecular flexibility index (Phi) is 4.74. The molecule has 0 saturated carbocycles. The molecule has 1 aromatic rings. The fourth-order valence-corrected chi connectivity index (χ4v) is 2.65. The van der Waals surface area contributed by atoms with E-state index in [9.17, 15) is 4.79 Å². The predicted molar refractivity (Wildman–Crippen MR) is 80.1 cm³/mol. The maximum atomic E-state index is 11.8. The van der Waals surface area contributed by atoms with E-state index < -0.39 is 0 Å². The molecule has 0 aliphatic rings. The Morgan fingerprint density at radius 3 is 2.42 bits per heavy atom.